The lowest BCUT2D eigenvalue weighted by Crippen LogP contribution is -2.33. The van der Waals surface area contributed by atoms with Gasteiger partial charge in [-0.15, -0.1) is 11.3 Å². The van der Waals surface area contributed by atoms with Crippen LogP contribution >= 0.6 is 11.3 Å². The normalized spacial score (nSPS) is 17.5. The van der Waals surface area contributed by atoms with E-state index in [-0.39, 0.29) is 16.8 Å². The molecular formula is C24H26O2S. The van der Waals surface area contributed by atoms with E-state index in [0.717, 1.165) is 10.4 Å². The number of fused-ring (bicyclic) bond motifs is 2. The van der Waals surface area contributed by atoms with E-state index >= 15 is 0 Å². The van der Waals surface area contributed by atoms with Crippen molar-refractivity contribution in [2.24, 2.45) is 0 Å². The predicted molar refractivity (Wildman–Crippen MR) is 114 cm³/mol. The van der Waals surface area contributed by atoms with Crippen LogP contribution in [0.1, 0.15) is 61.3 Å². The predicted octanol–water partition coefficient (Wildman–Crippen LogP) is 6.70. The van der Waals surface area contributed by atoms with Crippen LogP contribution < -0.4 is 0 Å². The number of ether oxygens (including phenoxy) is 1. The highest BCUT2D eigenvalue weighted by atomic mass is 32.1. The van der Waals surface area contributed by atoms with E-state index in [1.54, 1.807) is 0 Å². The fraction of sp³-hybridized carbons (Fsp3) is 0.375. The van der Waals surface area contributed by atoms with Crippen molar-refractivity contribution in [3.63, 3.8) is 0 Å². The van der Waals surface area contributed by atoms with Crippen molar-refractivity contribution in [1.82, 2.24) is 0 Å². The summed E-state index contributed by atoms with van der Waals surface area (Å²) in [6, 6.07) is 15.2. The first-order chi connectivity index (χ1) is 12.7. The quantitative estimate of drug-likeness (QED) is 0.464. The van der Waals surface area contributed by atoms with Gasteiger partial charge in [-0.3, -0.25) is 0 Å². The lowest BCUT2D eigenvalue weighted by Gasteiger charge is -2.42. The van der Waals surface area contributed by atoms with Crippen molar-refractivity contribution in [3.8, 4) is 10.4 Å². The van der Waals surface area contributed by atoms with Crippen LogP contribution in [-0.4, -0.2) is 13.1 Å². The zero-order chi connectivity index (χ0) is 19.4. The molecule has 1 heterocycles. The van der Waals surface area contributed by atoms with Crippen molar-refractivity contribution in [3.05, 3.63) is 58.5 Å². The van der Waals surface area contributed by atoms with Gasteiger partial charge in [-0.25, -0.2) is 4.79 Å². The molecule has 27 heavy (non-hydrogen) atoms. The van der Waals surface area contributed by atoms with Gasteiger partial charge in [0.15, 0.2) is 0 Å². The van der Waals surface area contributed by atoms with Gasteiger partial charge < -0.3 is 4.74 Å². The lowest BCUT2D eigenvalue weighted by atomic mass is 9.63. The number of methoxy groups -OCH3 is 1. The Hall–Kier alpha value is -2.13. The Kier molecular flexibility index (Phi) is 4.19. The topological polar surface area (TPSA) is 26.3 Å². The average molecular weight is 379 g/mol. The SMILES string of the molecule is COC(=O)c1ccc(-c2ccc3cc4c(cc3c2)C(C)(C)CCC4(C)C)s1. The monoisotopic (exact) mass is 378 g/mol. The van der Waals surface area contributed by atoms with Crippen molar-refractivity contribution in [2.75, 3.05) is 7.11 Å². The number of thiophene rings is 1. The fourth-order valence-corrected chi connectivity index (χ4v) is 5.09. The summed E-state index contributed by atoms with van der Waals surface area (Å²) in [5, 5.41) is 2.55. The number of carbonyl (C=O) groups is 1. The van der Waals surface area contributed by atoms with E-state index in [9.17, 15) is 4.79 Å². The molecule has 0 unspecified atom stereocenters. The molecule has 0 atom stereocenters. The lowest BCUT2D eigenvalue weighted by molar-refractivity contribution is 0.0606. The molecule has 0 N–H and O–H groups in total. The first-order valence-electron chi connectivity index (χ1n) is 9.49. The van der Waals surface area contributed by atoms with Gasteiger partial charge in [0.1, 0.15) is 4.88 Å². The summed E-state index contributed by atoms with van der Waals surface area (Å²) in [6.45, 7) is 9.44. The first-order valence-corrected chi connectivity index (χ1v) is 10.3. The zero-order valence-electron chi connectivity index (χ0n) is 16.7. The highest BCUT2D eigenvalue weighted by Crippen LogP contribution is 2.47. The molecule has 0 saturated heterocycles. The highest BCUT2D eigenvalue weighted by Gasteiger charge is 2.37. The average Bonchev–Trinajstić information content (AvgIpc) is 3.14. The molecule has 2 aromatic carbocycles. The summed E-state index contributed by atoms with van der Waals surface area (Å²) in [5.41, 5.74) is 4.54. The second-order valence-electron chi connectivity index (χ2n) is 8.88. The minimum absolute atomic E-state index is 0.204. The van der Waals surface area contributed by atoms with Crippen LogP contribution in [0.15, 0.2) is 42.5 Å². The van der Waals surface area contributed by atoms with Gasteiger partial charge in [0.05, 0.1) is 7.11 Å². The molecule has 0 spiro atoms. The van der Waals surface area contributed by atoms with E-state index < -0.39 is 0 Å². The smallest absolute Gasteiger partial charge is 0.348 e. The van der Waals surface area contributed by atoms with Gasteiger partial charge in [0, 0.05) is 4.88 Å². The standard InChI is InChI=1S/C24H26O2S/c1-23(2)10-11-24(3,4)19-14-17-12-16(7-6-15(17)13-18(19)23)20-8-9-21(27-20)22(25)26-5/h6-9,12-14H,10-11H2,1-5H3. The Bertz CT molecular complexity index is 1040. The third-order valence-corrected chi connectivity index (χ3v) is 7.20. The summed E-state index contributed by atoms with van der Waals surface area (Å²) >= 11 is 1.48. The molecule has 0 aliphatic heterocycles. The van der Waals surface area contributed by atoms with E-state index in [1.807, 2.05) is 12.1 Å². The number of rotatable bonds is 2. The highest BCUT2D eigenvalue weighted by molar-refractivity contribution is 7.17. The van der Waals surface area contributed by atoms with Crippen LogP contribution in [0.25, 0.3) is 21.2 Å². The maximum absolute atomic E-state index is 11.8. The van der Waals surface area contributed by atoms with Crippen LogP contribution in [0.4, 0.5) is 0 Å². The van der Waals surface area contributed by atoms with E-state index in [4.69, 9.17) is 4.74 Å². The minimum atomic E-state index is -0.273. The Balaban J connectivity index is 1.84. The summed E-state index contributed by atoms with van der Waals surface area (Å²) < 4.78 is 4.83. The Morgan fingerprint density at radius 3 is 2.15 bits per heavy atom. The van der Waals surface area contributed by atoms with E-state index in [0.29, 0.717) is 4.88 Å². The largest absolute Gasteiger partial charge is 0.465 e. The third kappa shape index (κ3) is 3.08. The molecule has 0 bridgehead atoms. The minimum Gasteiger partial charge on any atom is -0.465 e. The molecule has 0 radical (unpaired) electrons. The van der Waals surface area contributed by atoms with Gasteiger partial charge in [0.25, 0.3) is 0 Å². The van der Waals surface area contributed by atoms with Gasteiger partial charge in [-0.05, 0) is 69.3 Å². The van der Waals surface area contributed by atoms with E-state index in [1.165, 1.54) is 53.2 Å². The molecule has 1 aliphatic carbocycles. The number of carbonyl (C=O) groups excluding carboxylic acids is 1. The molecule has 2 nitrogen and oxygen atoms in total. The summed E-state index contributed by atoms with van der Waals surface area (Å²) in [6.07, 6.45) is 2.44. The fourth-order valence-electron chi connectivity index (χ4n) is 4.17. The summed E-state index contributed by atoms with van der Waals surface area (Å²) in [7, 11) is 1.42. The van der Waals surface area contributed by atoms with Gasteiger partial charge in [-0.1, -0.05) is 52.0 Å². The number of benzene rings is 2. The number of esters is 1. The maximum atomic E-state index is 11.8. The Labute approximate surface area is 165 Å². The molecule has 1 aromatic heterocycles. The van der Waals surface area contributed by atoms with Gasteiger partial charge in [-0.2, -0.15) is 0 Å². The maximum Gasteiger partial charge on any atom is 0.348 e. The molecule has 1 aliphatic rings. The van der Waals surface area contributed by atoms with Gasteiger partial charge in [0.2, 0.25) is 0 Å². The molecule has 4 rings (SSSR count). The Morgan fingerprint density at radius 1 is 0.889 bits per heavy atom. The van der Waals surface area contributed by atoms with Crippen molar-refractivity contribution < 1.29 is 9.53 Å². The van der Waals surface area contributed by atoms with Crippen LogP contribution in [0.3, 0.4) is 0 Å². The third-order valence-electron chi connectivity index (χ3n) is 6.09. The summed E-state index contributed by atoms with van der Waals surface area (Å²) in [4.78, 5) is 13.5. The molecule has 0 amide bonds. The molecular weight excluding hydrogens is 352 g/mol. The first kappa shape index (κ1) is 18.2. The van der Waals surface area contributed by atoms with Crippen LogP contribution in [0.5, 0.6) is 0 Å². The van der Waals surface area contributed by atoms with Crippen LogP contribution in [-0.2, 0) is 15.6 Å². The summed E-state index contributed by atoms with van der Waals surface area (Å²) in [5.74, 6) is -0.273. The van der Waals surface area contributed by atoms with E-state index in [2.05, 4.69) is 58.0 Å². The second-order valence-corrected chi connectivity index (χ2v) is 9.97. The molecule has 3 heteroatoms. The second kappa shape index (κ2) is 6.20. The molecule has 3 aromatic rings. The van der Waals surface area contributed by atoms with Crippen molar-refractivity contribution in [2.45, 2.75) is 51.4 Å². The molecule has 0 saturated carbocycles. The molecule has 0 fully saturated rings. The van der Waals surface area contributed by atoms with Gasteiger partial charge >= 0.3 is 5.97 Å². The number of hydrogen-bond acceptors (Lipinski definition) is 3. The Morgan fingerprint density at radius 2 is 1.52 bits per heavy atom. The number of hydrogen-bond donors (Lipinski definition) is 0. The molecule has 140 valence electrons. The van der Waals surface area contributed by atoms with Crippen LogP contribution in [0, 0.1) is 0 Å². The zero-order valence-corrected chi connectivity index (χ0v) is 17.5. The van der Waals surface area contributed by atoms with Crippen LogP contribution in [0.2, 0.25) is 0 Å². The van der Waals surface area contributed by atoms with Crippen molar-refractivity contribution in [1.29, 1.82) is 0 Å². The van der Waals surface area contributed by atoms with Crippen molar-refractivity contribution >= 4 is 28.1 Å².